The van der Waals surface area contributed by atoms with Gasteiger partial charge in [-0.05, 0) is 106 Å². The zero-order chi connectivity index (χ0) is 39.5. The molecule has 1 aliphatic rings. The summed E-state index contributed by atoms with van der Waals surface area (Å²) in [6, 6.07) is 59.4. The van der Waals surface area contributed by atoms with E-state index in [0.717, 1.165) is 16.5 Å². The Labute approximate surface area is 344 Å². The fraction of sp³-hybridized carbons (Fsp3) is 0.0588. The predicted molar refractivity (Wildman–Crippen MR) is 248 cm³/mol. The van der Waals surface area contributed by atoms with Crippen LogP contribution in [-0.4, -0.2) is 31.3 Å². The van der Waals surface area contributed by atoms with E-state index in [-0.39, 0.29) is 0 Å². The maximum atomic E-state index is 9.16. The van der Waals surface area contributed by atoms with Crippen LogP contribution in [0.15, 0.2) is 174 Å². The molecule has 7 heteroatoms. The lowest BCUT2D eigenvalue weighted by Crippen LogP contribution is -2.29. The number of nitrogens with zero attached hydrogens (tertiary/aromatic N) is 2. The first kappa shape index (κ1) is 36.0. The maximum absolute atomic E-state index is 9.16. The van der Waals surface area contributed by atoms with Gasteiger partial charge in [0.2, 0.25) is 0 Å². The van der Waals surface area contributed by atoms with E-state index in [1.54, 1.807) is 6.07 Å². The molecule has 0 amide bonds. The lowest BCUT2D eigenvalue weighted by atomic mass is 9.79. The van der Waals surface area contributed by atoms with E-state index in [4.69, 9.17) is 10.0 Å². The second kappa shape index (κ2) is 14.5. The van der Waals surface area contributed by atoms with Gasteiger partial charge in [0.1, 0.15) is 0 Å². The van der Waals surface area contributed by atoms with Gasteiger partial charge in [0.25, 0.3) is 0 Å². The second-order valence-corrected chi connectivity index (χ2v) is 16.0. The maximum Gasteiger partial charge on any atom is 0.488 e. The summed E-state index contributed by atoms with van der Waals surface area (Å²) in [5.74, 6) is 0. The van der Waals surface area contributed by atoms with Gasteiger partial charge in [0, 0.05) is 84.0 Å². The molecule has 0 radical (unpaired) electrons. The zero-order valence-corrected chi connectivity index (χ0v) is 33.7. The van der Waals surface area contributed by atoms with E-state index in [9.17, 15) is 0 Å². The Bertz CT molecular complexity index is 3360. The Morgan fingerprint density at radius 1 is 0.466 bits per heavy atom. The number of aromatic amines is 1. The zero-order valence-electron chi connectivity index (χ0n) is 32.1. The molecule has 0 atom stereocenters. The molecule has 11 aromatic rings. The third kappa shape index (κ3) is 6.19. The number of para-hydroxylation sites is 3. The molecule has 58 heavy (non-hydrogen) atoms. The van der Waals surface area contributed by atoms with E-state index >= 15 is 0 Å². The lowest BCUT2D eigenvalue weighted by molar-refractivity contribution is 0.426. The van der Waals surface area contributed by atoms with Crippen molar-refractivity contribution in [2.45, 2.75) is 6.42 Å². The summed E-state index contributed by atoms with van der Waals surface area (Å²) in [5, 5.41) is 26.1. The van der Waals surface area contributed by atoms with Crippen molar-refractivity contribution in [1.82, 2.24) is 14.1 Å². The van der Waals surface area contributed by atoms with Crippen LogP contribution in [-0.2, 0) is 20.5 Å². The van der Waals surface area contributed by atoms with Crippen LogP contribution in [0.2, 0.25) is 0 Å². The fourth-order valence-corrected chi connectivity index (χ4v) is 9.18. The van der Waals surface area contributed by atoms with Crippen molar-refractivity contribution < 1.29 is 10.0 Å². The summed E-state index contributed by atoms with van der Waals surface area (Å²) in [6.45, 7) is 0. The number of rotatable bonds is 2. The van der Waals surface area contributed by atoms with Gasteiger partial charge >= 0.3 is 7.12 Å². The Hall–Kier alpha value is -6.38. The molecule has 0 bridgehead atoms. The molecular formula is C51H39BBrN3O2. The minimum absolute atomic E-state index is 0.551. The number of hydrogen-bond acceptors (Lipinski definition) is 2. The molecule has 0 saturated heterocycles. The van der Waals surface area contributed by atoms with Gasteiger partial charge in [-0.3, -0.25) is 0 Å². The van der Waals surface area contributed by atoms with E-state index in [1.807, 2.05) is 24.3 Å². The van der Waals surface area contributed by atoms with Crippen LogP contribution in [0, 0.1) is 0 Å². The van der Waals surface area contributed by atoms with Crippen molar-refractivity contribution >= 4 is 93.9 Å². The normalized spacial score (nSPS) is 11.8. The highest BCUT2D eigenvalue weighted by Crippen LogP contribution is 2.37. The number of hydrogen-bond donors (Lipinski definition) is 3. The van der Waals surface area contributed by atoms with Gasteiger partial charge < -0.3 is 24.2 Å². The summed E-state index contributed by atoms with van der Waals surface area (Å²) in [5.41, 5.74) is 15.4. The topological polar surface area (TPSA) is 66.1 Å². The molecule has 3 aromatic heterocycles. The molecule has 280 valence electrons. The van der Waals surface area contributed by atoms with Crippen molar-refractivity contribution in [2.24, 2.45) is 14.1 Å². The number of H-pyrrole nitrogens is 1. The number of benzene rings is 8. The van der Waals surface area contributed by atoms with Crippen molar-refractivity contribution in [3.8, 4) is 22.3 Å². The minimum atomic E-state index is -1.39. The molecule has 5 nitrogen and oxygen atoms in total. The van der Waals surface area contributed by atoms with Crippen molar-refractivity contribution in [2.75, 3.05) is 0 Å². The van der Waals surface area contributed by atoms with Crippen LogP contribution in [0.3, 0.4) is 0 Å². The predicted octanol–water partition coefficient (Wildman–Crippen LogP) is 11.7. The molecule has 3 N–H and O–H groups in total. The third-order valence-electron chi connectivity index (χ3n) is 11.7. The first-order chi connectivity index (χ1) is 28.3. The summed E-state index contributed by atoms with van der Waals surface area (Å²) < 4.78 is 5.64. The average Bonchev–Trinajstić information content (AvgIpc) is 3.99. The van der Waals surface area contributed by atoms with Crippen molar-refractivity contribution in [3.63, 3.8) is 0 Å². The van der Waals surface area contributed by atoms with Crippen LogP contribution >= 0.6 is 15.9 Å². The molecule has 12 rings (SSSR count). The highest BCUT2D eigenvalue weighted by atomic mass is 79.9. The lowest BCUT2D eigenvalue weighted by Gasteiger charge is -2.04. The molecule has 0 spiro atoms. The van der Waals surface area contributed by atoms with E-state index in [2.05, 4.69) is 184 Å². The van der Waals surface area contributed by atoms with Gasteiger partial charge in [0.05, 0.1) is 0 Å². The summed E-state index contributed by atoms with van der Waals surface area (Å²) in [4.78, 5) is 3.51. The highest BCUT2D eigenvalue weighted by Gasteiger charge is 2.20. The molecule has 0 saturated carbocycles. The minimum Gasteiger partial charge on any atom is -0.423 e. The molecule has 0 fully saturated rings. The highest BCUT2D eigenvalue weighted by molar-refractivity contribution is 9.10. The molecule has 0 unspecified atom stereocenters. The van der Waals surface area contributed by atoms with Crippen LogP contribution in [0.1, 0.15) is 11.1 Å². The standard InChI is InChI=1S/C25H18N2.C13H11BO2.C13H10BrN/c1-27-24-9-5-3-7-19(24)21-15-17(11-13-25(21)27)16-10-12-23-20(14-16)18-6-2-4-8-22(18)26-23;15-14(16)11-6-5-10-7-9-3-1-2-4-12(9)13(10)8-11;1-15-12-5-3-2-4-10(12)11-8-9(14)6-7-13(11)15/h2-15,26H,1H3;1-6,8,15-16H,7H2;2-8H,1H3. The van der Waals surface area contributed by atoms with Crippen LogP contribution in [0.25, 0.3) is 87.7 Å². The Morgan fingerprint density at radius 3 is 1.72 bits per heavy atom. The van der Waals surface area contributed by atoms with Crippen LogP contribution in [0.5, 0.6) is 0 Å². The van der Waals surface area contributed by atoms with Gasteiger partial charge in [-0.15, -0.1) is 0 Å². The monoisotopic (exact) mass is 815 g/mol. The van der Waals surface area contributed by atoms with Crippen LogP contribution < -0.4 is 5.46 Å². The summed E-state index contributed by atoms with van der Waals surface area (Å²) in [6.07, 6.45) is 0.938. The smallest absolute Gasteiger partial charge is 0.423 e. The van der Waals surface area contributed by atoms with Crippen LogP contribution in [0.4, 0.5) is 0 Å². The fourth-order valence-electron chi connectivity index (χ4n) is 8.82. The van der Waals surface area contributed by atoms with Gasteiger partial charge in [-0.25, -0.2) is 0 Å². The number of aryl methyl sites for hydroxylation is 2. The molecule has 8 aromatic carbocycles. The SMILES string of the molecule is Cn1c2ccccc2c2cc(-c3ccc4[nH]c5ccccc5c4c3)ccc21.Cn1c2ccccc2c2cc(Br)ccc21.OB(O)c1ccc2c(c1)-c1ccccc1C2. The number of nitrogens with one attached hydrogen (secondary N) is 1. The molecule has 3 heterocycles. The Morgan fingerprint density at radius 2 is 1.00 bits per heavy atom. The number of fused-ring (bicyclic) bond motifs is 12. The molecule has 1 aliphatic carbocycles. The van der Waals surface area contributed by atoms with E-state index in [0.29, 0.717) is 5.46 Å². The summed E-state index contributed by atoms with van der Waals surface area (Å²) >= 11 is 3.52. The third-order valence-corrected chi connectivity index (χ3v) is 12.2. The molecule has 0 aliphatic heterocycles. The summed E-state index contributed by atoms with van der Waals surface area (Å²) in [7, 11) is 2.86. The Kier molecular flexibility index (Phi) is 9.02. The van der Waals surface area contributed by atoms with E-state index < -0.39 is 7.12 Å². The number of aromatic nitrogens is 3. The van der Waals surface area contributed by atoms with Crippen molar-refractivity contribution in [1.29, 1.82) is 0 Å². The van der Waals surface area contributed by atoms with E-state index in [1.165, 1.54) is 93.2 Å². The average molecular weight is 817 g/mol. The van der Waals surface area contributed by atoms with Crippen molar-refractivity contribution in [3.05, 3.63) is 185 Å². The largest absolute Gasteiger partial charge is 0.488 e. The first-order valence-electron chi connectivity index (χ1n) is 19.5. The second-order valence-electron chi connectivity index (χ2n) is 15.1. The van der Waals surface area contributed by atoms with Gasteiger partial charge in [0.15, 0.2) is 0 Å². The first-order valence-corrected chi connectivity index (χ1v) is 20.3. The number of halogens is 1. The van der Waals surface area contributed by atoms with Gasteiger partial charge in [-0.2, -0.15) is 0 Å². The quantitative estimate of drug-likeness (QED) is 0.152. The van der Waals surface area contributed by atoms with Gasteiger partial charge in [-0.1, -0.05) is 125 Å². The molecular weight excluding hydrogens is 777 g/mol. The Balaban J connectivity index is 0.000000113.